The summed E-state index contributed by atoms with van der Waals surface area (Å²) in [6.07, 6.45) is 2.13. The van der Waals surface area contributed by atoms with Gasteiger partial charge in [0.15, 0.2) is 0 Å². The number of fused-ring (bicyclic) bond motifs is 1. The van der Waals surface area contributed by atoms with Crippen LogP contribution in [0.5, 0.6) is 5.75 Å². The van der Waals surface area contributed by atoms with Gasteiger partial charge in [0.25, 0.3) is 0 Å². The fourth-order valence-corrected chi connectivity index (χ4v) is 4.08. The van der Waals surface area contributed by atoms with Crippen molar-refractivity contribution in [2.45, 2.75) is 35.7 Å². The van der Waals surface area contributed by atoms with Crippen LogP contribution in [0.1, 0.15) is 23.1 Å². The largest absolute Gasteiger partial charge is 0.489 e. The Kier molecular flexibility index (Phi) is 5.07. The maximum absolute atomic E-state index is 11.7. The van der Waals surface area contributed by atoms with Crippen LogP contribution in [0, 0.1) is 0 Å². The van der Waals surface area contributed by atoms with E-state index < -0.39 is 0 Å². The summed E-state index contributed by atoms with van der Waals surface area (Å²) in [5.41, 5.74) is 3.65. The number of carbonyl (C=O) groups is 1. The highest BCUT2D eigenvalue weighted by molar-refractivity contribution is 7.99. The zero-order valence-electron chi connectivity index (χ0n) is 14.5. The Hall–Kier alpha value is -2.52. The lowest BCUT2D eigenvalue weighted by Gasteiger charge is -2.16. The van der Waals surface area contributed by atoms with Crippen LogP contribution in [0.3, 0.4) is 0 Å². The number of ketones is 1. The van der Waals surface area contributed by atoms with Gasteiger partial charge in [-0.15, -0.1) is 0 Å². The van der Waals surface area contributed by atoms with Gasteiger partial charge >= 0.3 is 0 Å². The van der Waals surface area contributed by atoms with Crippen molar-refractivity contribution in [3.8, 4) is 5.75 Å². The van der Waals surface area contributed by atoms with Crippen LogP contribution >= 0.6 is 11.8 Å². The van der Waals surface area contributed by atoms with Gasteiger partial charge in [-0.3, -0.25) is 4.79 Å². The van der Waals surface area contributed by atoms with Crippen molar-refractivity contribution in [3.63, 3.8) is 0 Å². The van der Waals surface area contributed by atoms with Crippen LogP contribution in [0.25, 0.3) is 0 Å². The van der Waals surface area contributed by atoms with E-state index in [0.29, 0.717) is 25.2 Å². The Balaban J connectivity index is 1.45. The Bertz CT molecular complexity index is 919. The summed E-state index contributed by atoms with van der Waals surface area (Å²) in [7, 11) is 0. The molecular weight excluding hydrogens is 340 g/mol. The second kappa shape index (κ2) is 7.79. The van der Waals surface area contributed by atoms with E-state index in [2.05, 4.69) is 42.5 Å². The SMILES string of the molecule is O=C1CCc2ccc(Sc3cccc(OCc4ccccc4)c3)cc2C1. The molecule has 0 unspecified atom stereocenters. The van der Waals surface area contributed by atoms with Gasteiger partial charge in [0.1, 0.15) is 18.1 Å². The number of Topliss-reactive ketones (excluding diaryl/α,β-unsaturated/α-hetero) is 1. The monoisotopic (exact) mass is 360 g/mol. The molecule has 0 saturated heterocycles. The first kappa shape index (κ1) is 16.9. The standard InChI is InChI=1S/C23H20O2S/c24-20-11-9-18-10-12-23(14-19(18)13-20)26-22-8-4-7-21(15-22)25-16-17-5-2-1-3-6-17/h1-8,10,12,14-15H,9,11,13,16H2. The molecule has 0 amide bonds. The van der Waals surface area contributed by atoms with E-state index in [1.165, 1.54) is 16.0 Å². The molecule has 0 N–H and O–H groups in total. The molecule has 4 rings (SSSR count). The van der Waals surface area contributed by atoms with Crippen molar-refractivity contribution in [1.82, 2.24) is 0 Å². The number of ether oxygens (including phenoxy) is 1. The lowest BCUT2D eigenvalue weighted by molar-refractivity contribution is -0.118. The van der Waals surface area contributed by atoms with Crippen molar-refractivity contribution >= 4 is 17.5 Å². The highest BCUT2D eigenvalue weighted by atomic mass is 32.2. The van der Waals surface area contributed by atoms with Crippen LogP contribution in [0.4, 0.5) is 0 Å². The van der Waals surface area contributed by atoms with Crippen molar-refractivity contribution in [2.75, 3.05) is 0 Å². The summed E-state index contributed by atoms with van der Waals surface area (Å²) < 4.78 is 5.92. The minimum Gasteiger partial charge on any atom is -0.489 e. The summed E-state index contributed by atoms with van der Waals surface area (Å²) in [6.45, 7) is 0.565. The lowest BCUT2D eigenvalue weighted by Crippen LogP contribution is -2.12. The van der Waals surface area contributed by atoms with Gasteiger partial charge in [0.2, 0.25) is 0 Å². The fraction of sp³-hybridized carbons (Fsp3) is 0.174. The second-order valence-electron chi connectivity index (χ2n) is 6.50. The maximum Gasteiger partial charge on any atom is 0.137 e. The van der Waals surface area contributed by atoms with Gasteiger partial charge in [-0.2, -0.15) is 0 Å². The van der Waals surface area contributed by atoms with E-state index in [1.807, 2.05) is 30.3 Å². The molecule has 0 atom stereocenters. The van der Waals surface area contributed by atoms with Crippen molar-refractivity contribution in [3.05, 3.63) is 89.5 Å². The van der Waals surface area contributed by atoms with Gasteiger partial charge in [0, 0.05) is 22.6 Å². The topological polar surface area (TPSA) is 26.3 Å². The first-order valence-electron chi connectivity index (χ1n) is 8.84. The smallest absolute Gasteiger partial charge is 0.137 e. The van der Waals surface area contributed by atoms with E-state index in [4.69, 9.17) is 4.74 Å². The normalized spacial score (nSPS) is 13.3. The number of benzene rings is 3. The zero-order chi connectivity index (χ0) is 17.8. The number of rotatable bonds is 5. The quantitative estimate of drug-likeness (QED) is 0.603. The molecule has 0 heterocycles. The molecule has 26 heavy (non-hydrogen) atoms. The minimum absolute atomic E-state index is 0.343. The van der Waals surface area contributed by atoms with Gasteiger partial charge in [0.05, 0.1) is 0 Å². The molecule has 0 saturated carbocycles. The molecule has 0 aliphatic heterocycles. The molecular formula is C23H20O2S. The molecule has 0 fully saturated rings. The van der Waals surface area contributed by atoms with E-state index in [-0.39, 0.29) is 0 Å². The maximum atomic E-state index is 11.7. The third kappa shape index (κ3) is 4.17. The third-order valence-corrected chi connectivity index (χ3v) is 5.51. The summed E-state index contributed by atoms with van der Waals surface area (Å²) in [4.78, 5) is 14.0. The van der Waals surface area contributed by atoms with Crippen LogP contribution < -0.4 is 4.74 Å². The Labute approximate surface area is 158 Å². The second-order valence-corrected chi connectivity index (χ2v) is 7.64. The first-order valence-corrected chi connectivity index (χ1v) is 9.66. The molecule has 0 spiro atoms. The molecule has 2 nitrogen and oxygen atoms in total. The number of carbonyl (C=O) groups excluding carboxylic acids is 1. The van der Waals surface area contributed by atoms with Gasteiger partial charge in [-0.05, 0) is 53.4 Å². The number of aryl methyl sites for hydroxylation is 1. The fourth-order valence-electron chi connectivity index (χ4n) is 3.15. The Morgan fingerprint density at radius 2 is 1.65 bits per heavy atom. The van der Waals surface area contributed by atoms with Crippen LogP contribution in [-0.4, -0.2) is 5.78 Å². The van der Waals surface area contributed by atoms with E-state index in [1.54, 1.807) is 11.8 Å². The first-order chi connectivity index (χ1) is 12.8. The highest BCUT2D eigenvalue weighted by Crippen LogP contribution is 2.32. The predicted molar refractivity (Wildman–Crippen MR) is 105 cm³/mol. The molecule has 1 aliphatic carbocycles. The molecule has 3 aromatic rings. The van der Waals surface area contributed by atoms with E-state index >= 15 is 0 Å². The molecule has 0 bridgehead atoms. The lowest BCUT2D eigenvalue weighted by atomic mass is 9.91. The van der Waals surface area contributed by atoms with Crippen molar-refractivity contribution < 1.29 is 9.53 Å². The molecule has 0 radical (unpaired) electrons. The van der Waals surface area contributed by atoms with Crippen LogP contribution in [-0.2, 0) is 24.2 Å². The molecule has 3 heteroatoms. The van der Waals surface area contributed by atoms with Crippen molar-refractivity contribution in [1.29, 1.82) is 0 Å². The van der Waals surface area contributed by atoms with E-state index in [0.717, 1.165) is 22.6 Å². The zero-order valence-corrected chi connectivity index (χ0v) is 15.3. The predicted octanol–water partition coefficient (Wildman–Crippen LogP) is 5.47. The highest BCUT2D eigenvalue weighted by Gasteiger charge is 2.15. The van der Waals surface area contributed by atoms with E-state index in [9.17, 15) is 4.79 Å². The Morgan fingerprint density at radius 1 is 0.808 bits per heavy atom. The number of hydrogen-bond acceptors (Lipinski definition) is 3. The average molecular weight is 360 g/mol. The molecule has 130 valence electrons. The van der Waals surface area contributed by atoms with Gasteiger partial charge < -0.3 is 4.74 Å². The van der Waals surface area contributed by atoms with Crippen molar-refractivity contribution in [2.24, 2.45) is 0 Å². The average Bonchev–Trinajstić information content (AvgIpc) is 2.67. The summed E-state index contributed by atoms with van der Waals surface area (Å²) in [6, 6.07) is 24.8. The minimum atomic E-state index is 0.343. The number of hydrogen-bond donors (Lipinski definition) is 0. The van der Waals surface area contributed by atoms with Crippen LogP contribution in [0.2, 0.25) is 0 Å². The molecule has 0 aromatic heterocycles. The van der Waals surface area contributed by atoms with Gasteiger partial charge in [-0.1, -0.05) is 54.2 Å². The third-order valence-electron chi connectivity index (χ3n) is 4.53. The molecule has 3 aromatic carbocycles. The van der Waals surface area contributed by atoms with Gasteiger partial charge in [-0.25, -0.2) is 0 Å². The van der Waals surface area contributed by atoms with Crippen LogP contribution in [0.15, 0.2) is 82.6 Å². The summed E-state index contributed by atoms with van der Waals surface area (Å²) in [5, 5.41) is 0. The Morgan fingerprint density at radius 3 is 2.54 bits per heavy atom. The summed E-state index contributed by atoms with van der Waals surface area (Å²) in [5.74, 6) is 1.21. The summed E-state index contributed by atoms with van der Waals surface area (Å²) >= 11 is 1.71. The molecule has 1 aliphatic rings.